The zero-order valence-electron chi connectivity index (χ0n) is 15.2. The zero-order valence-corrected chi connectivity index (χ0v) is 16.8. The molecule has 14 nitrogen and oxygen atoms in total. The van der Waals surface area contributed by atoms with Gasteiger partial charge in [-0.25, -0.2) is 9.52 Å². The minimum absolute atomic E-state index is 0.0378. The lowest BCUT2D eigenvalue weighted by Crippen LogP contribution is -2.51. The maximum Gasteiger partial charge on any atom is 0.336 e. The summed E-state index contributed by atoms with van der Waals surface area (Å²) in [5.41, 5.74) is 0. The van der Waals surface area contributed by atoms with Crippen molar-refractivity contribution in [2.75, 3.05) is 40.2 Å². The number of methoxy groups -OCH3 is 2. The molecule has 1 aromatic rings. The van der Waals surface area contributed by atoms with Crippen LogP contribution in [0.3, 0.4) is 0 Å². The summed E-state index contributed by atoms with van der Waals surface area (Å²) in [5.74, 6) is -0.252. The van der Waals surface area contributed by atoms with E-state index in [9.17, 15) is 21.6 Å². The van der Waals surface area contributed by atoms with Crippen LogP contribution in [0.4, 0.5) is 10.7 Å². The maximum atomic E-state index is 12.3. The van der Waals surface area contributed by atoms with E-state index in [4.69, 9.17) is 9.47 Å². The molecule has 16 heteroatoms. The molecule has 0 spiro atoms. The van der Waals surface area contributed by atoms with Gasteiger partial charge in [0.1, 0.15) is 0 Å². The normalized spacial score (nSPS) is 12.1. The van der Waals surface area contributed by atoms with E-state index in [1.54, 1.807) is 4.72 Å². The lowest BCUT2D eigenvalue weighted by Gasteiger charge is -2.24. The van der Waals surface area contributed by atoms with Crippen LogP contribution in [0.2, 0.25) is 0 Å². The van der Waals surface area contributed by atoms with Crippen molar-refractivity contribution in [1.82, 2.24) is 22.9 Å². The van der Waals surface area contributed by atoms with Gasteiger partial charge < -0.3 is 9.47 Å². The van der Waals surface area contributed by atoms with Crippen LogP contribution in [0, 0.1) is 0 Å². The van der Waals surface area contributed by atoms with Crippen molar-refractivity contribution in [3.63, 3.8) is 0 Å². The van der Waals surface area contributed by atoms with E-state index in [0.29, 0.717) is 4.47 Å². The number of nitrogens with one attached hydrogen (secondary N) is 2. The van der Waals surface area contributed by atoms with Gasteiger partial charge in [-0.05, 0) is 0 Å². The fourth-order valence-corrected chi connectivity index (χ4v) is 4.53. The highest BCUT2D eigenvalue weighted by atomic mass is 32.3. The number of aromatic nitrogens is 2. The number of hydroxylamine groups is 1. The van der Waals surface area contributed by atoms with Crippen LogP contribution in [-0.4, -0.2) is 75.9 Å². The van der Waals surface area contributed by atoms with Crippen LogP contribution in [0.15, 0.2) is 6.07 Å². The number of nitrogens with zero attached hydrogens (tertiary/aromatic N) is 4. The average molecular weight is 428 g/mol. The summed E-state index contributed by atoms with van der Waals surface area (Å²) < 4.78 is 60.6. The first-order valence-corrected chi connectivity index (χ1v) is 9.97. The second kappa shape index (κ2) is 9.09. The van der Waals surface area contributed by atoms with Gasteiger partial charge in [-0.1, -0.05) is 15.1 Å². The first-order chi connectivity index (χ1) is 12.5. The fraction of sp³-hybridized carbons (Fsp3) is 0.545. The van der Waals surface area contributed by atoms with Gasteiger partial charge in [0.05, 0.1) is 27.4 Å². The number of anilines is 1. The quantitative estimate of drug-likeness (QED) is 0.461. The standard InChI is InChI=1S/C11H20N6O8S2/c1-6-17(27(21,22)16(2)25-5)26(19,20)15-11(18)14-10-12-8(23-3)7-9(13-10)24-4/h7H,6H2,1-5H3,(H2,12,13,14,15,18). The van der Waals surface area contributed by atoms with Crippen molar-refractivity contribution in [3.8, 4) is 11.8 Å². The molecule has 0 unspecified atom stereocenters. The molecule has 0 aliphatic rings. The lowest BCUT2D eigenvalue weighted by molar-refractivity contribution is -0.0293. The van der Waals surface area contributed by atoms with Crippen LogP contribution in [0.1, 0.15) is 6.92 Å². The molecule has 0 aliphatic heterocycles. The van der Waals surface area contributed by atoms with E-state index in [1.165, 1.54) is 27.2 Å². The number of ether oxygens (including phenoxy) is 2. The molecular formula is C11H20N6O8S2. The summed E-state index contributed by atoms with van der Waals surface area (Å²) in [4.78, 5) is 24.1. The Labute approximate surface area is 156 Å². The van der Waals surface area contributed by atoms with Crippen molar-refractivity contribution < 1.29 is 35.9 Å². The largest absolute Gasteiger partial charge is 0.481 e. The number of carbonyl (C=O) groups excluding carboxylic acids is 1. The summed E-state index contributed by atoms with van der Waals surface area (Å²) >= 11 is 0. The second-order valence-electron chi connectivity index (χ2n) is 4.53. The topological polar surface area (TPSA) is 169 Å². The van der Waals surface area contributed by atoms with E-state index >= 15 is 0 Å². The average Bonchev–Trinajstić information content (AvgIpc) is 2.59. The SMILES string of the molecule is CCN(S(=O)(=O)NC(=O)Nc1nc(OC)cc(OC)n1)S(=O)(=O)N(C)OC. The van der Waals surface area contributed by atoms with Gasteiger partial charge in [-0.3, -0.25) is 10.2 Å². The summed E-state index contributed by atoms with van der Waals surface area (Å²) in [6, 6.07) is 0.0187. The predicted molar refractivity (Wildman–Crippen MR) is 92.3 cm³/mol. The molecule has 1 heterocycles. The number of hydrogen-bond acceptors (Lipinski definition) is 10. The van der Waals surface area contributed by atoms with Crippen molar-refractivity contribution in [2.24, 2.45) is 0 Å². The number of carbonyl (C=O) groups is 1. The summed E-state index contributed by atoms with van der Waals surface area (Å²) in [7, 11) is -4.70. The molecule has 0 bridgehead atoms. The van der Waals surface area contributed by atoms with E-state index in [0.717, 1.165) is 14.2 Å². The lowest BCUT2D eigenvalue weighted by atomic mass is 10.6. The molecule has 0 aliphatic carbocycles. The molecule has 0 atom stereocenters. The Hall–Kier alpha value is -2.27. The summed E-state index contributed by atoms with van der Waals surface area (Å²) in [6.45, 7) is 0.760. The molecule has 0 saturated heterocycles. The fourth-order valence-electron chi connectivity index (χ4n) is 1.64. The Morgan fingerprint density at radius 3 is 2.04 bits per heavy atom. The van der Waals surface area contributed by atoms with Crippen LogP contribution >= 0.6 is 0 Å². The zero-order chi connectivity index (χ0) is 20.8. The number of amides is 2. The molecule has 1 aromatic heterocycles. The molecule has 0 fully saturated rings. The number of urea groups is 1. The third kappa shape index (κ3) is 5.60. The van der Waals surface area contributed by atoms with E-state index in [-0.39, 0.29) is 21.4 Å². The smallest absolute Gasteiger partial charge is 0.336 e. The first-order valence-electron chi connectivity index (χ1n) is 7.13. The molecule has 0 aromatic carbocycles. The van der Waals surface area contributed by atoms with E-state index in [1.807, 2.05) is 5.32 Å². The van der Waals surface area contributed by atoms with Crippen LogP contribution < -0.4 is 19.5 Å². The van der Waals surface area contributed by atoms with Gasteiger partial charge in [0.15, 0.2) is 0 Å². The van der Waals surface area contributed by atoms with Gasteiger partial charge in [0.25, 0.3) is 0 Å². The van der Waals surface area contributed by atoms with Crippen molar-refractivity contribution in [1.29, 1.82) is 0 Å². The van der Waals surface area contributed by atoms with Crippen LogP contribution in [0.5, 0.6) is 11.8 Å². The van der Waals surface area contributed by atoms with Gasteiger partial charge in [0, 0.05) is 13.6 Å². The highest BCUT2D eigenvalue weighted by molar-refractivity contribution is 8.02. The molecule has 2 N–H and O–H groups in total. The third-order valence-electron chi connectivity index (χ3n) is 2.91. The molecule has 1 rings (SSSR count). The Morgan fingerprint density at radius 1 is 1.11 bits per heavy atom. The van der Waals surface area contributed by atoms with Crippen LogP contribution in [-0.2, 0) is 25.3 Å². The Bertz CT molecular complexity index is 853. The Morgan fingerprint density at radius 2 is 1.63 bits per heavy atom. The molecule has 0 saturated carbocycles. The second-order valence-corrected chi connectivity index (χ2v) is 8.20. The minimum Gasteiger partial charge on any atom is -0.481 e. The predicted octanol–water partition coefficient (Wildman–Crippen LogP) is -1.08. The monoisotopic (exact) mass is 428 g/mol. The highest BCUT2D eigenvalue weighted by Gasteiger charge is 2.37. The summed E-state index contributed by atoms with van der Waals surface area (Å²) in [6.07, 6.45) is 0. The molecular weight excluding hydrogens is 408 g/mol. The van der Waals surface area contributed by atoms with Gasteiger partial charge in [0.2, 0.25) is 17.7 Å². The van der Waals surface area contributed by atoms with E-state index < -0.39 is 33.0 Å². The number of hydrogen-bond donors (Lipinski definition) is 2. The van der Waals surface area contributed by atoms with Gasteiger partial charge >= 0.3 is 26.4 Å². The third-order valence-corrected chi connectivity index (χ3v) is 6.87. The van der Waals surface area contributed by atoms with Gasteiger partial charge in [-0.15, -0.1) is 0 Å². The maximum absolute atomic E-state index is 12.3. The van der Waals surface area contributed by atoms with E-state index in [2.05, 4.69) is 14.8 Å². The number of rotatable bonds is 9. The van der Waals surface area contributed by atoms with Crippen molar-refractivity contribution >= 4 is 32.4 Å². The van der Waals surface area contributed by atoms with Crippen molar-refractivity contribution in [2.45, 2.75) is 6.92 Å². The molecule has 2 amide bonds. The highest BCUT2D eigenvalue weighted by Crippen LogP contribution is 2.17. The molecule has 27 heavy (non-hydrogen) atoms. The first kappa shape index (κ1) is 22.8. The van der Waals surface area contributed by atoms with Gasteiger partial charge in [-0.2, -0.15) is 26.8 Å². The molecule has 154 valence electrons. The minimum atomic E-state index is -4.79. The van der Waals surface area contributed by atoms with Crippen LogP contribution in [0.25, 0.3) is 0 Å². The Kier molecular flexibility index (Phi) is 7.66. The van der Waals surface area contributed by atoms with Crippen molar-refractivity contribution in [3.05, 3.63) is 6.07 Å². The summed E-state index contributed by atoms with van der Waals surface area (Å²) in [5, 5.41) is 2.04. The molecule has 0 radical (unpaired) electrons. The Balaban J connectivity index is 3.04.